The Balaban J connectivity index is 1.72. The minimum absolute atomic E-state index is 0.0109. The number of hydrogen-bond acceptors (Lipinski definition) is 4. The molecule has 0 aliphatic rings. The van der Waals surface area contributed by atoms with Crippen LogP contribution in [-0.2, 0) is 16.1 Å². The maximum Gasteiger partial charge on any atom is 0.119 e. The van der Waals surface area contributed by atoms with Crippen molar-refractivity contribution in [2.24, 2.45) is 10.8 Å². The summed E-state index contributed by atoms with van der Waals surface area (Å²) in [5, 5.41) is 9.58. The fraction of sp³-hybridized carbons (Fsp3) is 0.520. The van der Waals surface area contributed by atoms with Gasteiger partial charge in [0.1, 0.15) is 11.9 Å². The molecule has 29 heavy (non-hydrogen) atoms. The molecule has 0 aliphatic heterocycles. The van der Waals surface area contributed by atoms with Gasteiger partial charge in [0.25, 0.3) is 0 Å². The molecule has 0 saturated carbocycles. The second-order valence-electron chi connectivity index (χ2n) is 9.22. The highest BCUT2D eigenvalue weighted by Gasteiger charge is 2.30. The number of aliphatic hydroxyl groups excluding tert-OH is 1. The van der Waals surface area contributed by atoms with Gasteiger partial charge >= 0.3 is 0 Å². The maximum absolute atomic E-state index is 9.58. The van der Waals surface area contributed by atoms with E-state index in [2.05, 4.69) is 27.7 Å². The van der Waals surface area contributed by atoms with Gasteiger partial charge in [0.15, 0.2) is 0 Å². The molecule has 4 nitrogen and oxygen atoms in total. The summed E-state index contributed by atoms with van der Waals surface area (Å²) in [6.45, 7) is 10.9. The lowest BCUT2D eigenvalue weighted by Crippen LogP contribution is -2.33. The van der Waals surface area contributed by atoms with E-state index >= 15 is 0 Å². The zero-order chi connectivity index (χ0) is 21.2. The maximum atomic E-state index is 9.58. The SMILES string of the molecule is CC(C)(COC[C@@H](CO)OCc1ccccc1)CC(C)(C)COc1ccccc1. The lowest BCUT2D eigenvalue weighted by Gasteiger charge is -2.35. The zero-order valence-corrected chi connectivity index (χ0v) is 18.3. The van der Waals surface area contributed by atoms with Crippen LogP contribution in [-0.4, -0.2) is 37.6 Å². The van der Waals surface area contributed by atoms with Crippen molar-refractivity contribution in [3.8, 4) is 5.75 Å². The van der Waals surface area contributed by atoms with Crippen molar-refractivity contribution < 1.29 is 19.3 Å². The lowest BCUT2D eigenvalue weighted by atomic mass is 9.76. The Bertz CT molecular complexity index is 682. The third kappa shape index (κ3) is 9.44. The average molecular weight is 401 g/mol. The van der Waals surface area contributed by atoms with Crippen molar-refractivity contribution in [2.75, 3.05) is 26.4 Å². The van der Waals surface area contributed by atoms with Crippen LogP contribution in [0.25, 0.3) is 0 Å². The van der Waals surface area contributed by atoms with Crippen LogP contribution < -0.4 is 4.74 Å². The number of benzene rings is 2. The molecule has 0 fully saturated rings. The topological polar surface area (TPSA) is 47.9 Å². The highest BCUT2D eigenvalue weighted by atomic mass is 16.5. The number of hydrogen-bond donors (Lipinski definition) is 1. The van der Waals surface area contributed by atoms with Crippen molar-refractivity contribution in [2.45, 2.75) is 46.8 Å². The summed E-state index contributed by atoms with van der Waals surface area (Å²) in [5.41, 5.74) is 1.10. The molecule has 0 heterocycles. The monoisotopic (exact) mass is 400 g/mol. The molecule has 1 N–H and O–H groups in total. The second-order valence-corrected chi connectivity index (χ2v) is 9.22. The van der Waals surface area contributed by atoms with Crippen LogP contribution in [0.5, 0.6) is 5.75 Å². The number of aliphatic hydroxyl groups is 1. The largest absolute Gasteiger partial charge is 0.493 e. The molecule has 4 heteroatoms. The quantitative estimate of drug-likeness (QED) is 0.508. The summed E-state index contributed by atoms with van der Waals surface area (Å²) in [7, 11) is 0. The molecule has 2 aromatic rings. The second kappa shape index (κ2) is 11.3. The van der Waals surface area contributed by atoms with E-state index in [9.17, 15) is 5.11 Å². The third-order valence-corrected chi connectivity index (χ3v) is 4.66. The van der Waals surface area contributed by atoms with Crippen LogP contribution in [0.15, 0.2) is 60.7 Å². The van der Waals surface area contributed by atoms with Crippen molar-refractivity contribution >= 4 is 0 Å². The molecule has 0 aliphatic carbocycles. The molecule has 2 rings (SSSR count). The summed E-state index contributed by atoms with van der Waals surface area (Å²) in [5.74, 6) is 0.899. The van der Waals surface area contributed by atoms with Gasteiger partial charge in [-0.25, -0.2) is 0 Å². The molecule has 1 atom stereocenters. The fourth-order valence-corrected chi connectivity index (χ4v) is 3.60. The Morgan fingerprint density at radius 2 is 1.41 bits per heavy atom. The van der Waals surface area contributed by atoms with E-state index in [0.717, 1.165) is 17.7 Å². The van der Waals surface area contributed by atoms with E-state index in [-0.39, 0.29) is 23.5 Å². The van der Waals surface area contributed by atoms with Gasteiger partial charge in [-0.15, -0.1) is 0 Å². The molecule has 2 aromatic carbocycles. The first-order chi connectivity index (χ1) is 13.8. The van der Waals surface area contributed by atoms with E-state index in [0.29, 0.717) is 26.4 Å². The van der Waals surface area contributed by atoms with Gasteiger partial charge in [0.05, 0.1) is 33.0 Å². The van der Waals surface area contributed by atoms with E-state index in [1.54, 1.807) is 0 Å². The van der Waals surface area contributed by atoms with Gasteiger partial charge in [-0.3, -0.25) is 0 Å². The Hall–Kier alpha value is -1.88. The molecular formula is C25H36O4. The third-order valence-electron chi connectivity index (χ3n) is 4.66. The van der Waals surface area contributed by atoms with Gasteiger partial charge in [-0.05, 0) is 34.9 Å². The normalized spacial score (nSPS) is 13.3. The molecular weight excluding hydrogens is 364 g/mol. The Morgan fingerprint density at radius 1 is 0.828 bits per heavy atom. The predicted octanol–water partition coefficient (Wildman–Crippen LogP) is 5.10. The van der Waals surface area contributed by atoms with Crippen LogP contribution in [0.2, 0.25) is 0 Å². The van der Waals surface area contributed by atoms with Gasteiger partial charge in [-0.2, -0.15) is 0 Å². The van der Waals surface area contributed by atoms with E-state index in [1.165, 1.54) is 0 Å². The standard InChI is InChI=1S/C25H36O4/c1-24(2,18-25(3,4)20-29-22-13-9-6-10-14-22)19-27-17-23(15-26)28-16-21-11-7-5-8-12-21/h5-14,23,26H,15-20H2,1-4H3/t23-/m1/s1. The summed E-state index contributed by atoms with van der Waals surface area (Å²) in [4.78, 5) is 0. The number of rotatable bonds is 13. The molecule has 0 unspecified atom stereocenters. The Kier molecular flexibility index (Phi) is 9.15. The minimum Gasteiger partial charge on any atom is -0.493 e. The highest BCUT2D eigenvalue weighted by Crippen LogP contribution is 2.34. The van der Waals surface area contributed by atoms with Crippen LogP contribution >= 0.6 is 0 Å². The summed E-state index contributed by atoms with van der Waals surface area (Å²) >= 11 is 0. The smallest absolute Gasteiger partial charge is 0.119 e. The van der Waals surface area contributed by atoms with Crippen molar-refractivity contribution in [3.63, 3.8) is 0 Å². The minimum atomic E-state index is -0.319. The predicted molar refractivity (Wildman–Crippen MR) is 117 cm³/mol. The van der Waals surface area contributed by atoms with Crippen LogP contribution in [0, 0.1) is 10.8 Å². The first-order valence-electron chi connectivity index (χ1n) is 10.3. The average Bonchev–Trinajstić information content (AvgIpc) is 2.70. The molecule has 0 spiro atoms. The van der Waals surface area contributed by atoms with Crippen molar-refractivity contribution in [3.05, 3.63) is 66.2 Å². The molecule has 0 amide bonds. The molecule has 0 radical (unpaired) electrons. The summed E-state index contributed by atoms with van der Waals surface area (Å²) in [6, 6.07) is 19.9. The Labute approximate surface area is 175 Å². The zero-order valence-electron chi connectivity index (χ0n) is 18.3. The van der Waals surface area contributed by atoms with Crippen LogP contribution in [0.4, 0.5) is 0 Å². The summed E-state index contributed by atoms with van der Waals surface area (Å²) in [6.07, 6.45) is 0.641. The van der Waals surface area contributed by atoms with Crippen molar-refractivity contribution in [1.82, 2.24) is 0 Å². The highest BCUT2D eigenvalue weighted by molar-refractivity contribution is 5.21. The van der Waals surface area contributed by atoms with E-state index in [4.69, 9.17) is 14.2 Å². The van der Waals surface area contributed by atoms with Crippen LogP contribution in [0.3, 0.4) is 0 Å². The van der Waals surface area contributed by atoms with Crippen molar-refractivity contribution in [1.29, 1.82) is 0 Å². The van der Waals surface area contributed by atoms with Crippen LogP contribution in [0.1, 0.15) is 39.7 Å². The fourth-order valence-electron chi connectivity index (χ4n) is 3.60. The summed E-state index contributed by atoms with van der Waals surface area (Å²) < 4.78 is 17.7. The van der Waals surface area contributed by atoms with E-state index < -0.39 is 0 Å². The van der Waals surface area contributed by atoms with E-state index in [1.807, 2.05) is 60.7 Å². The molecule has 160 valence electrons. The molecule has 0 saturated heterocycles. The lowest BCUT2D eigenvalue weighted by molar-refractivity contribution is -0.0674. The Morgan fingerprint density at radius 3 is 2.03 bits per heavy atom. The van der Waals surface area contributed by atoms with Gasteiger partial charge in [0.2, 0.25) is 0 Å². The molecule has 0 aromatic heterocycles. The number of ether oxygens (including phenoxy) is 3. The van der Waals surface area contributed by atoms with Gasteiger partial charge < -0.3 is 19.3 Å². The van der Waals surface area contributed by atoms with Gasteiger partial charge in [0, 0.05) is 0 Å². The molecule has 0 bridgehead atoms. The number of para-hydroxylation sites is 1. The first-order valence-corrected chi connectivity index (χ1v) is 10.3. The van der Waals surface area contributed by atoms with Gasteiger partial charge in [-0.1, -0.05) is 76.2 Å². The first kappa shape index (κ1) is 23.4.